The number of hydrogen-bond acceptors (Lipinski definition) is 8. The average molecular weight is 497 g/mol. The van der Waals surface area contributed by atoms with E-state index in [0.717, 1.165) is 10.1 Å². The van der Waals surface area contributed by atoms with Gasteiger partial charge in [0.15, 0.2) is 18.5 Å². The summed E-state index contributed by atoms with van der Waals surface area (Å²) in [5.74, 6) is -0.595. The number of carbonyl (C=O) groups excluding carboxylic acids is 2. The average Bonchev–Trinajstić information content (AvgIpc) is 3.12. The van der Waals surface area contributed by atoms with E-state index in [1.54, 1.807) is 0 Å². The number of halogens is 2. The Kier molecular flexibility index (Phi) is 10.3. The predicted octanol–water partition coefficient (Wildman–Crippen LogP) is 2.37. The van der Waals surface area contributed by atoms with Gasteiger partial charge < -0.3 is 19.3 Å². The summed E-state index contributed by atoms with van der Waals surface area (Å²) in [5.41, 5.74) is 0.0250. The summed E-state index contributed by atoms with van der Waals surface area (Å²) in [7, 11) is 0. The molecule has 10 nitrogen and oxygen atoms in total. The summed E-state index contributed by atoms with van der Waals surface area (Å²) in [4.78, 5) is 40.2. The van der Waals surface area contributed by atoms with Gasteiger partial charge in [0.05, 0.1) is 13.2 Å². The second kappa shape index (κ2) is 12.9. The van der Waals surface area contributed by atoms with E-state index in [0.29, 0.717) is 6.42 Å². The zero-order valence-electron chi connectivity index (χ0n) is 19.3. The molecule has 1 amide bonds. The number of amides is 1. The van der Waals surface area contributed by atoms with Crippen LogP contribution in [0.15, 0.2) is 47.4 Å². The van der Waals surface area contributed by atoms with Crippen LogP contribution in [0.4, 0.5) is 19.7 Å². The van der Waals surface area contributed by atoms with Gasteiger partial charge in [-0.15, -0.1) is 0 Å². The molecule has 0 aliphatic carbocycles. The van der Waals surface area contributed by atoms with Gasteiger partial charge in [-0.1, -0.05) is 44.2 Å². The van der Waals surface area contributed by atoms with Crippen LogP contribution in [0.2, 0.25) is 0 Å². The lowest BCUT2D eigenvalue weighted by atomic mass is 10.1. The van der Waals surface area contributed by atoms with Crippen molar-refractivity contribution < 1.29 is 38.0 Å². The maximum Gasteiger partial charge on any atom is 0.412 e. The quantitative estimate of drug-likeness (QED) is 0.506. The molecule has 0 spiro atoms. The number of aryl methyl sites for hydroxylation is 1. The van der Waals surface area contributed by atoms with E-state index in [1.807, 2.05) is 44.2 Å². The lowest BCUT2D eigenvalue weighted by Crippen LogP contribution is -2.37. The van der Waals surface area contributed by atoms with E-state index in [9.17, 15) is 19.5 Å². The van der Waals surface area contributed by atoms with Crippen molar-refractivity contribution >= 4 is 17.9 Å². The summed E-state index contributed by atoms with van der Waals surface area (Å²) < 4.78 is 31.7. The van der Waals surface area contributed by atoms with Crippen molar-refractivity contribution in [3.8, 4) is 0 Å². The number of ether oxygens (including phenoxy) is 3. The lowest BCUT2D eigenvalue weighted by molar-refractivity contribution is -0.154. The molecular weight excluding hydrogens is 468 g/mol. The maximum atomic E-state index is 15.2. The van der Waals surface area contributed by atoms with Crippen molar-refractivity contribution in [3.05, 3.63) is 58.6 Å². The fourth-order valence-electron chi connectivity index (χ4n) is 3.37. The van der Waals surface area contributed by atoms with Crippen LogP contribution < -0.4 is 11.0 Å². The number of nitrogens with zero attached hydrogens (tertiary/aromatic N) is 2. The van der Waals surface area contributed by atoms with Gasteiger partial charge in [-0.2, -0.15) is 4.98 Å². The molecule has 0 bridgehead atoms. The van der Waals surface area contributed by atoms with Crippen molar-refractivity contribution in [2.45, 2.75) is 51.3 Å². The second-order valence-corrected chi connectivity index (χ2v) is 8.25. The van der Waals surface area contributed by atoms with Gasteiger partial charge in [-0.3, -0.25) is 19.4 Å². The van der Waals surface area contributed by atoms with E-state index in [-0.39, 0.29) is 29.5 Å². The Morgan fingerprint density at radius 1 is 1.26 bits per heavy atom. The number of anilines is 1. The summed E-state index contributed by atoms with van der Waals surface area (Å²) in [6.45, 7) is 3.32. The van der Waals surface area contributed by atoms with E-state index >= 15 is 4.39 Å². The van der Waals surface area contributed by atoms with Crippen LogP contribution in [0, 0.1) is 5.92 Å². The van der Waals surface area contributed by atoms with Crippen molar-refractivity contribution in [1.29, 1.82) is 0 Å². The van der Waals surface area contributed by atoms with Gasteiger partial charge >= 0.3 is 17.8 Å². The van der Waals surface area contributed by atoms with E-state index in [4.69, 9.17) is 14.2 Å². The Morgan fingerprint density at radius 2 is 1.97 bits per heavy atom. The molecule has 3 rings (SSSR count). The number of alkyl halides is 1. The highest BCUT2D eigenvalue weighted by Crippen LogP contribution is 2.33. The topological polar surface area (TPSA) is 129 Å². The summed E-state index contributed by atoms with van der Waals surface area (Å²) >= 11 is 0. The minimum atomic E-state index is -1.92. The molecule has 1 aliphatic rings. The molecule has 0 radical (unpaired) electrons. The number of hydrogen-bond donors (Lipinski definition) is 2. The van der Waals surface area contributed by atoms with Crippen molar-refractivity contribution in [2.24, 2.45) is 5.92 Å². The molecule has 0 saturated carbocycles. The Balaban J connectivity index is 0.00000432. The maximum absolute atomic E-state index is 15.2. The van der Waals surface area contributed by atoms with E-state index in [1.165, 1.54) is 12.3 Å². The van der Waals surface area contributed by atoms with Crippen molar-refractivity contribution in [1.82, 2.24) is 9.55 Å². The molecule has 2 N–H and O–H groups in total. The predicted molar refractivity (Wildman–Crippen MR) is 121 cm³/mol. The molecule has 2 aromatic rings. The number of aromatic nitrogens is 2. The Morgan fingerprint density at radius 3 is 2.60 bits per heavy atom. The highest BCUT2D eigenvalue weighted by Gasteiger charge is 2.48. The Labute approximate surface area is 200 Å². The normalized spacial score (nSPS) is 21.3. The third kappa shape index (κ3) is 7.55. The highest BCUT2D eigenvalue weighted by molar-refractivity contribution is 5.83. The smallest absolute Gasteiger partial charge is 0.412 e. The van der Waals surface area contributed by atoms with Gasteiger partial charge in [-0.05, 0) is 24.0 Å². The molecule has 1 unspecified atom stereocenters. The summed E-state index contributed by atoms with van der Waals surface area (Å²) in [6.07, 6.45) is -5.09. The third-order valence-electron chi connectivity index (χ3n) is 5.06. The monoisotopic (exact) mass is 497 g/mol. The molecule has 1 saturated heterocycles. The molecule has 2 heterocycles. The Hall–Kier alpha value is -3.38. The third-order valence-corrected chi connectivity index (χ3v) is 5.06. The van der Waals surface area contributed by atoms with Gasteiger partial charge in [0, 0.05) is 12.6 Å². The number of aliphatic hydroxyl groups excluding tert-OH is 1. The molecule has 1 fully saturated rings. The fourth-order valence-corrected chi connectivity index (χ4v) is 3.37. The second-order valence-electron chi connectivity index (χ2n) is 8.25. The minimum absolute atomic E-state index is 0. The molecule has 1 aromatic heterocycles. The number of carbonyl (C=O) groups is 2. The number of nitrogens with one attached hydrogen (secondary N) is 1. The molecule has 12 heteroatoms. The first-order valence-electron chi connectivity index (χ1n) is 10.9. The zero-order chi connectivity index (χ0) is 24.7. The minimum Gasteiger partial charge on any atom is -0.456 e. The molecule has 192 valence electrons. The van der Waals surface area contributed by atoms with E-state index < -0.39 is 49.0 Å². The Bertz CT molecular complexity index is 1040. The number of benzene rings is 1. The fraction of sp³-hybridized carbons (Fsp3) is 0.478. The molecule has 1 aliphatic heterocycles. The van der Waals surface area contributed by atoms with Gasteiger partial charge in [0.25, 0.3) is 0 Å². The summed E-state index contributed by atoms with van der Waals surface area (Å²) in [6, 6.07) is 10.5. The first-order valence-corrected chi connectivity index (χ1v) is 10.9. The van der Waals surface area contributed by atoms with Crippen LogP contribution in [0.25, 0.3) is 0 Å². The largest absolute Gasteiger partial charge is 0.456 e. The number of esters is 1. The molecule has 4 atom stereocenters. The molecular formula is C23H29F2N3O7. The van der Waals surface area contributed by atoms with E-state index in [2.05, 4.69) is 10.3 Å². The number of rotatable bonds is 9. The zero-order valence-corrected chi connectivity index (χ0v) is 19.3. The van der Waals surface area contributed by atoms with Crippen LogP contribution in [0.5, 0.6) is 0 Å². The standard InChI is InChI=1S/C23H28FN3O7.FH/c1-14(2)13-32-23(31)26-17-10-11-27(22(30)25-17)21-19(24)20(16(12-28)33-21)34-18(29)9-8-15-6-4-3-5-7-15;/h3-7,10-11,14,16,19-21,28H,8-9,12-13H2,1-2H3,(H,25,26,30,31);1H/t16-,19?,20-,21-;/m1./s1. The number of aliphatic hydroxyl groups is 1. The van der Waals surface area contributed by atoms with Crippen molar-refractivity contribution in [2.75, 3.05) is 18.5 Å². The van der Waals surface area contributed by atoms with Gasteiger partial charge in [0.2, 0.25) is 0 Å². The van der Waals surface area contributed by atoms with Crippen LogP contribution >= 0.6 is 0 Å². The van der Waals surface area contributed by atoms with Gasteiger partial charge in [0.1, 0.15) is 11.9 Å². The SMILES string of the molecule is CC(C)COC(=O)Nc1ccn([C@@H]2O[C@H](CO)[C@@H](OC(=O)CCc3ccccc3)C2F)c(=O)n1.F. The molecule has 1 aromatic carbocycles. The lowest BCUT2D eigenvalue weighted by Gasteiger charge is -2.18. The van der Waals surface area contributed by atoms with Crippen LogP contribution in [-0.4, -0.2) is 58.3 Å². The first kappa shape index (κ1) is 27.9. The van der Waals surface area contributed by atoms with Crippen LogP contribution in [-0.2, 0) is 25.4 Å². The van der Waals surface area contributed by atoms with Crippen LogP contribution in [0.1, 0.15) is 32.1 Å². The van der Waals surface area contributed by atoms with Crippen LogP contribution in [0.3, 0.4) is 0 Å². The molecule has 35 heavy (non-hydrogen) atoms. The van der Waals surface area contributed by atoms with Gasteiger partial charge in [-0.25, -0.2) is 14.0 Å². The first-order chi connectivity index (χ1) is 16.3. The highest BCUT2D eigenvalue weighted by atomic mass is 19.1. The van der Waals surface area contributed by atoms with Crippen molar-refractivity contribution in [3.63, 3.8) is 0 Å². The summed E-state index contributed by atoms with van der Waals surface area (Å²) in [5, 5.41) is 11.9.